The van der Waals surface area contributed by atoms with Crippen LogP contribution in [-0.2, 0) is 26.2 Å². The molecule has 2 heterocycles. The van der Waals surface area contributed by atoms with E-state index in [0.717, 1.165) is 18.4 Å². The maximum absolute atomic E-state index is 13.0. The number of sulfonamides is 1. The Morgan fingerprint density at radius 1 is 1.09 bits per heavy atom. The lowest BCUT2D eigenvalue weighted by atomic mass is 10.0. The zero-order valence-corrected chi connectivity index (χ0v) is 20.4. The van der Waals surface area contributed by atoms with Crippen molar-refractivity contribution in [2.45, 2.75) is 37.6 Å². The van der Waals surface area contributed by atoms with Crippen LogP contribution in [0.3, 0.4) is 0 Å². The Morgan fingerprint density at radius 3 is 2.44 bits per heavy atom. The SMILES string of the molecule is COc1ccccc1CNC(=O)[C@@H]1CC(=O)N(c2ccc(S(=O)(=O)N3CCC(C)CC3)cc2)C1. The molecule has 0 aromatic heterocycles. The smallest absolute Gasteiger partial charge is 0.243 e. The van der Waals surface area contributed by atoms with E-state index in [0.29, 0.717) is 37.0 Å². The van der Waals surface area contributed by atoms with Crippen LogP contribution in [0.2, 0.25) is 0 Å². The Morgan fingerprint density at radius 2 is 1.76 bits per heavy atom. The molecular weight excluding hydrogens is 454 g/mol. The maximum Gasteiger partial charge on any atom is 0.243 e. The number of amides is 2. The molecule has 2 fully saturated rings. The Labute approximate surface area is 200 Å². The summed E-state index contributed by atoms with van der Waals surface area (Å²) in [4.78, 5) is 27.1. The summed E-state index contributed by atoms with van der Waals surface area (Å²) in [6, 6.07) is 13.8. The standard InChI is InChI=1S/C25H31N3O5S/c1-18-11-13-27(14-12-18)34(31,32)22-9-7-21(8-10-22)28-17-20(15-24(28)29)25(30)26-16-19-5-3-4-6-23(19)33-2/h3-10,18,20H,11-17H2,1-2H3,(H,26,30)/t20-/m1/s1. The van der Waals surface area contributed by atoms with E-state index in [1.54, 1.807) is 36.3 Å². The van der Waals surface area contributed by atoms with Crippen LogP contribution >= 0.6 is 0 Å². The Hall–Kier alpha value is -2.91. The number of rotatable bonds is 7. The van der Waals surface area contributed by atoms with E-state index in [1.165, 1.54) is 4.31 Å². The number of hydrogen-bond donors (Lipinski definition) is 1. The molecule has 34 heavy (non-hydrogen) atoms. The Bertz CT molecular complexity index is 1140. The highest BCUT2D eigenvalue weighted by molar-refractivity contribution is 7.89. The van der Waals surface area contributed by atoms with Gasteiger partial charge in [-0.05, 0) is 49.1 Å². The summed E-state index contributed by atoms with van der Waals surface area (Å²) < 4.78 is 32.7. The zero-order chi connectivity index (χ0) is 24.3. The van der Waals surface area contributed by atoms with Crippen molar-refractivity contribution in [3.63, 3.8) is 0 Å². The second kappa shape index (κ2) is 10.1. The van der Waals surface area contributed by atoms with Crippen LogP contribution in [0.1, 0.15) is 31.7 Å². The quantitative estimate of drug-likeness (QED) is 0.651. The number of nitrogens with one attached hydrogen (secondary N) is 1. The lowest BCUT2D eigenvalue weighted by Gasteiger charge is -2.29. The number of ether oxygens (including phenoxy) is 1. The van der Waals surface area contributed by atoms with Crippen molar-refractivity contribution in [1.29, 1.82) is 0 Å². The molecule has 2 amide bonds. The number of piperidine rings is 1. The molecule has 1 atom stereocenters. The summed E-state index contributed by atoms with van der Waals surface area (Å²) in [6.07, 6.45) is 1.84. The first-order valence-corrected chi connectivity index (χ1v) is 13.0. The number of benzene rings is 2. The predicted molar refractivity (Wildman–Crippen MR) is 129 cm³/mol. The van der Waals surface area contributed by atoms with E-state index in [2.05, 4.69) is 12.2 Å². The lowest BCUT2D eigenvalue weighted by Crippen LogP contribution is -2.37. The van der Waals surface area contributed by atoms with Crippen molar-refractivity contribution in [2.75, 3.05) is 31.6 Å². The van der Waals surface area contributed by atoms with Gasteiger partial charge in [-0.3, -0.25) is 9.59 Å². The van der Waals surface area contributed by atoms with Crippen molar-refractivity contribution in [3.8, 4) is 5.75 Å². The molecule has 9 heteroatoms. The van der Waals surface area contributed by atoms with E-state index >= 15 is 0 Å². The van der Waals surface area contributed by atoms with Crippen LogP contribution in [0, 0.1) is 11.8 Å². The van der Waals surface area contributed by atoms with E-state index in [4.69, 9.17) is 4.74 Å². The van der Waals surface area contributed by atoms with Gasteiger partial charge in [0.2, 0.25) is 21.8 Å². The molecule has 2 saturated heterocycles. The van der Waals surface area contributed by atoms with Gasteiger partial charge in [0.15, 0.2) is 0 Å². The summed E-state index contributed by atoms with van der Waals surface area (Å²) in [5.41, 5.74) is 1.45. The summed E-state index contributed by atoms with van der Waals surface area (Å²) in [6.45, 7) is 3.77. The first kappa shape index (κ1) is 24.2. The summed E-state index contributed by atoms with van der Waals surface area (Å²) in [5.74, 6) is 0.412. The minimum absolute atomic E-state index is 0.115. The van der Waals surface area contributed by atoms with Gasteiger partial charge >= 0.3 is 0 Å². The highest BCUT2D eigenvalue weighted by atomic mass is 32.2. The first-order valence-electron chi connectivity index (χ1n) is 11.6. The fourth-order valence-corrected chi connectivity index (χ4v) is 5.95. The second-order valence-corrected chi connectivity index (χ2v) is 11.0. The molecule has 0 bridgehead atoms. The Balaban J connectivity index is 1.38. The van der Waals surface area contributed by atoms with Crippen LogP contribution in [0.15, 0.2) is 53.4 Å². The minimum Gasteiger partial charge on any atom is -0.496 e. The van der Waals surface area contributed by atoms with Gasteiger partial charge in [-0.15, -0.1) is 0 Å². The fraction of sp³-hybridized carbons (Fsp3) is 0.440. The molecule has 182 valence electrons. The van der Waals surface area contributed by atoms with Crippen molar-refractivity contribution >= 4 is 27.5 Å². The van der Waals surface area contributed by atoms with Crippen molar-refractivity contribution in [2.24, 2.45) is 11.8 Å². The number of carbonyl (C=O) groups is 2. The molecular formula is C25H31N3O5S. The van der Waals surface area contributed by atoms with Crippen LogP contribution in [-0.4, -0.2) is 51.3 Å². The molecule has 0 saturated carbocycles. The number of nitrogens with zero attached hydrogens (tertiary/aromatic N) is 2. The molecule has 2 aliphatic rings. The summed E-state index contributed by atoms with van der Waals surface area (Å²) >= 11 is 0. The van der Waals surface area contributed by atoms with Gasteiger partial charge < -0.3 is 15.0 Å². The molecule has 0 aliphatic carbocycles. The summed E-state index contributed by atoms with van der Waals surface area (Å²) in [7, 11) is -1.97. The summed E-state index contributed by atoms with van der Waals surface area (Å²) in [5, 5.41) is 2.89. The van der Waals surface area contributed by atoms with Gasteiger partial charge in [0.25, 0.3) is 0 Å². The van der Waals surface area contributed by atoms with E-state index in [1.807, 2.05) is 24.3 Å². The van der Waals surface area contributed by atoms with Gasteiger partial charge in [-0.1, -0.05) is 25.1 Å². The van der Waals surface area contributed by atoms with E-state index in [-0.39, 0.29) is 29.7 Å². The monoisotopic (exact) mass is 485 g/mol. The average molecular weight is 486 g/mol. The molecule has 4 rings (SSSR count). The number of anilines is 1. The molecule has 2 aromatic rings. The van der Waals surface area contributed by atoms with Gasteiger partial charge in [0.05, 0.1) is 17.9 Å². The number of methoxy groups -OCH3 is 1. The van der Waals surface area contributed by atoms with Gasteiger partial charge in [0.1, 0.15) is 5.75 Å². The minimum atomic E-state index is -3.55. The molecule has 0 spiro atoms. The lowest BCUT2D eigenvalue weighted by molar-refractivity contribution is -0.126. The number of para-hydroxylation sites is 1. The third-order valence-electron chi connectivity index (χ3n) is 6.67. The molecule has 1 N–H and O–H groups in total. The van der Waals surface area contributed by atoms with Crippen LogP contribution in [0.4, 0.5) is 5.69 Å². The van der Waals surface area contributed by atoms with Crippen molar-refractivity contribution in [1.82, 2.24) is 9.62 Å². The van der Waals surface area contributed by atoms with Crippen LogP contribution in [0.5, 0.6) is 5.75 Å². The normalized spacial score (nSPS) is 19.9. The third kappa shape index (κ3) is 5.10. The second-order valence-electron chi connectivity index (χ2n) is 9.02. The Kier molecular flexibility index (Phi) is 7.23. The fourth-order valence-electron chi connectivity index (χ4n) is 4.48. The third-order valence-corrected chi connectivity index (χ3v) is 8.58. The van der Waals surface area contributed by atoms with Gasteiger partial charge in [-0.2, -0.15) is 4.31 Å². The zero-order valence-electron chi connectivity index (χ0n) is 19.6. The first-order chi connectivity index (χ1) is 16.3. The number of carbonyl (C=O) groups excluding carboxylic acids is 2. The van der Waals surface area contributed by atoms with E-state index < -0.39 is 15.9 Å². The van der Waals surface area contributed by atoms with Gasteiger partial charge in [0, 0.05) is 43.9 Å². The molecule has 2 aliphatic heterocycles. The molecule has 0 unspecified atom stereocenters. The topological polar surface area (TPSA) is 96.0 Å². The molecule has 2 aromatic carbocycles. The molecule has 8 nitrogen and oxygen atoms in total. The molecule has 0 radical (unpaired) electrons. The van der Waals surface area contributed by atoms with Crippen molar-refractivity contribution in [3.05, 3.63) is 54.1 Å². The number of hydrogen-bond acceptors (Lipinski definition) is 5. The van der Waals surface area contributed by atoms with Crippen LogP contribution in [0.25, 0.3) is 0 Å². The largest absolute Gasteiger partial charge is 0.496 e. The van der Waals surface area contributed by atoms with Crippen molar-refractivity contribution < 1.29 is 22.7 Å². The highest BCUT2D eigenvalue weighted by Gasteiger charge is 2.35. The van der Waals surface area contributed by atoms with E-state index in [9.17, 15) is 18.0 Å². The average Bonchev–Trinajstić information content (AvgIpc) is 3.24. The van der Waals surface area contributed by atoms with Gasteiger partial charge in [-0.25, -0.2) is 8.42 Å². The van der Waals surface area contributed by atoms with Crippen LogP contribution < -0.4 is 15.0 Å². The maximum atomic E-state index is 13.0. The predicted octanol–water partition coefficient (Wildman–Crippen LogP) is 2.79. The highest BCUT2D eigenvalue weighted by Crippen LogP contribution is 2.29.